The molecular weight excluding hydrogens is 372 g/mol. The maximum atomic E-state index is 13.0. The molecule has 2 unspecified atom stereocenters. The number of aromatic nitrogens is 3. The van der Waals surface area contributed by atoms with Crippen LogP contribution in [0, 0.1) is 0 Å². The van der Waals surface area contributed by atoms with Crippen molar-refractivity contribution in [2.24, 2.45) is 0 Å². The molecule has 2 aromatic carbocycles. The number of fused-ring (bicyclic) bond motifs is 1. The summed E-state index contributed by atoms with van der Waals surface area (Å²) in [4.78, 5) is 37.7. The second kappa shape index (κ2) is 9.09. The van der Waals surface area contributed by atoms with Crippen molar-refractivity contribution in [2.45, 2.75) is 38.3 Å². The summed E-state index contributed by atoms with van der Waals surface area (Å²) in [7, 11) is 0. The minimum absolute atomic E-state index is 0.344. The molecule has 0 saturated heterocycles. The third-order valence-electron chi connectivity index (χ3n) is 4.69. The molecule has 0 bridgehead atoms. The third-order valence-corrected chi connectivity index (χ3v) is 4.69. The zero-order valence-electron chi connectivity index (χ0n) is 16.0. The summed E-state index contributed by atoms with van der Waals surface area (Å²) in [6.45, 7) is 1.97. The maximum absolute atomic E-state index is 13.0. The van der Waals surface area contributed by atoms with Gasteiger partial charge in [0, 0.05) is 0 Å². The highest BCUT2D eigenvalue weighted by Crippen LogP contribution is 2.18. The van der Waals surface area contributed by atoms with Gasteiger partial charge in [-0.3, -0.25) is 9.59 Å². The Morgan fingerprint density at radius 2 is 1.79 bits per heavy atom. The Labute approximate surface area is 167 Å². The van der Waals surface area contributed by atoms with E-state index in [1.54, 1.807) is 54.6 Å². The molecule has 150 valence electrons. The van der Waals surface area contributed by atoms with Crippen LogP contribution in [0.1, 0.15) is 43.8 Å². The van der Waals surface area contributed by atoms with Gasteiger partial charge >= 0.3 is 5.97 Å². The fourth-order valence-electron chi connectivity index (χ4n) is 3.14. The number of aliphatic carboxylic acids is 1. The van der Waals surface area contributed by atoms with Gasteiger partial charge in [-0.15, -0.1) is 5.10 Å². The second-order valence-electron chi connectivity index (χ2n) is 6.70. The molecule has 1 amide bonds. The van der Waals surface area contributed by atoms with E-state index in [1.165, 1.54) is 0 Å². The summed E-state index contributed by atoms with van der Waals surface area (Å²) in [5, 5.41) is 20.5. The van der Waals surface area contributed by atoms with Gasteiger partial charge in [-0.25, -0.2) is 4.79 Å². The lowest BCUT2D eigenvalue weighted by Gasteiger charge is -2.21. The molecule has 8 nitrogen and oxygen atoms in total. The minimum atomic E-state index is -1.23. The molecule has 0 aliphatic rings. The molecule has 3 aromatic rings. The van der Waals surface area contributed by atoms with Crippen molar-refractivity contribution < 1.29 is 14.7 Å². The van der Waals surface area contributed by atoms with Gasteiger partial charge in [0.15, 0.2) is 6.04 Å². The van der Waals surface area contributed by atoms with E-state index in [2.05, 4.69) is 15.6 Å². The molecule has 0 spiro atoms. The van der Waals surface area contributed by atoms with Crippen LogP contribution in [0.5, 0.6) is 0 Å². The molecule has 2 atom stereocenters. The zero-order valence-corrected chi connectivity index (χ0v) is 16.0. The van der Waals surface area contributed by atoms with Crippen molar-refractivity contribution in [1.29, 1.82) is 0 Å². The molecule has 29 heavy (non-hydrogen) atoms. The summed E-state index contributed by atoms with van der Waals surface area (Å²) in [6.07, 6.45) is 1.82. The molecule has 0 radical (unpaired) electrons. The Morgan fingerprint density at radius 1 is 1.10 bits per heavy atom. The predicted molar refractivity (Wildman–Crippen MR) is 107 cm³/mol. The fraction of sp³-hybridized carbons (Fsp3) is 0.286. The molecule has 2 N–H and O–H groups in total. The van der Waals surface area contributed by atoms with E-state index in [1.807, 2.05) is 6.92 Å². The Hall–Kier alpha value is -3.55. The van der Waals surface area contributed by atoms with Crippen molar-refractivity contribution in [2.75, 3.05) is 0 Å². The Kier molecular flexibility index (Phi) is 6.33. The molecule has 3 rings (SSSR count). The van der Waals surface area contributed by atoms with Crippen LogP contribution in [0.25, 0.3) is 10.9 Å². The lowest BCUT2D eigenvalue weighted by molar-refractivity contribution is -0.142. The van der Waals surface area contributed by atoms with E-state index in [4.69, 9.17) is 0 Å². The van der Waals surface area contributed by atoms with E-state index in [9.17, 15) is 19.5 Å². The molecule has 0 saturated carbocycles. The lowest BCUT2D eigenvalue weighted by atomic mass is 10.0. The van der Waals surface area contributed by atoms with E-state index in [0.29, 0.717) is 29.3 Å². The Morgan fingerprint density at radius 3 is 2.48 bits per heavy atom. The SMILES string of the molecule is CCCCC(C(=O)NC(C(=O)O)c1ccccc1)n1nnc2ccccc2c1=O. The smallest absolute Gasteiger partial charge is 0.330 e. The van der Waals surface area contributed by atoms with E-state index >= 15 is 0 Å². The van der Waals surface area contributed by atoms with Crippen molar-refractivity contribution in [3.05, 3.63) is 70.5 Å². The number of carboxylic acid groups (broad SMARTS) is 1. The number of hydrogen-bond donors (Lipinski definition) is 2. The minimum Gasteiger partial charge on any atom is -0.479 e. The molecule has 1 aromatic heterocycles. The van der Waals surface area contributed by atoms with Crippen molar-refractivity contribution >= 4 is 22.8 Å². The Balaban J connectivity index is 1.96. The number of carbonyl (C=O) groups is 2. The number of nitrogens with one attached hydrogen (secondary N) is 1. The topological polar surface area (TPSA) is 114 Å². The van der Waals surface area contributed by atoms with Crippen LogP contribution in [0.3, 0.4) is 0 Å². The van der Waals surface area contributed by atoms with E-state index < -0.39 is 29.5 Å². The van der Waals surface area contributed by atoms with Gasteiger partial charge in [-0.05, 0) is 24.1 Å². The monoisotopic (exact) mass is 394 g/mol. The van der Waals surface area contributed by atoms with Crippen molar-refractivity contribution in [1.82, 2.24) is 20.3 Å². The molecule has 1 heterocycles. The van der Waals surface area contributed by atoms with Crippen molar-refractivity contribution in [3.8, 4) is 0 Å². The first-order valence-corrected chi connectivity index (χ1v) is 9.45. The van der Waals surface area contributed by atoms with E-state index in [0.717, 1.165) is 11.1 Å². The number of carbonyl (C=O) groups excluding carboxylic acids is 1. The van der Waals surface area contributed by atoms with Gasteiger partial charge in [0.25, 0.3) is 5.56 Å². The van der Waals surface area contributed by atoms with Crippen LogP contribution < -0.4 is 10.9 Å². The third kappa shape index (κ3) is 4.48. The quantitative estimate of drug-likeness (QED) is 0.607. The normalized spacial score (nSPS) is 13.0. The molecule has 0 aliphatic carbocycles. The van der Waals surface area contributed by atoms with Crippen LogP contribution in [-0.4, -0.2) is 32.0 Å². The van der Waals surface area contributed by atoms with Gasteiger partial charge in [0.05, 0.1) is 5.39 Å². The summed E-state index contributed by atoms with van der Waals surface area (Å²) in [5.41, 5.74) is 0.453. The van der Waals surface area contributed by atoms with Gasteiger partial charge in [-0.1, -0.05) is 67.4 Å². The number of unbranched alkanes of at least 4 members (excludes halogenated alkanes) is 1. The van der Waals surface area contributed by atoms with Crippen molar-refractivity contribution in [3.63, 3.8) is 0 Å². The highest BCUT2D eigenvalue weighted by atomic mass is 16.4. The number of nitrogens with zero attached hydrogens (tertiary/aromatic N) is 3. The average molecular weight is 394 g/mol. The van der Waals surface area contributed by atoms with E-state index in [-0.39, 0.29) is 0 Å². The standard InChI is InChI=1S/C21H22N4O4/c1-2-3-13-17(25-20(27)15-11-7-8-12-16(15)23-24-25)19(26)22-18(21(28)29)14-9-5-4-6-10-14/h4-12,17-18H,2-3,13H2,1H3,(H,22,26)(H,28,29). The Bertz CT molecular complexity index is 1060. The number of benzene rings is 2. The number of amides is 1. The van der Waals surface area contributed by atoms with Gasteiger partial charge in [-0.2, -0.15) is 4.68 Å². The highest BCUT2D eigenvalue weighted by molar-refractivity contribution is 5.87. The summed E-state index contributed by atoms with van der Waals surface area (Å²) in [6, 6.07) is 13.0. The summed E-state index contributed by atoms with van der Waals surface area (Å²) >= 11 is 0. The van der Waals surface area contributed by atoms with Gasteiger partial charge < -0.3 is 10.4 Å². The van der Waals surface area contributed by atoms with Gasteiger partial charge in [0.1, 0.15) is 11.6 Å². The predicted octanol–water partition coefficient (Wildman–Crippen LogP) is 2.46. The van der Waals surface area contributed by atoms with Crippen LogP contribution in [0.15, 0.2) is 59.4 Å². The first-order chi connectivity index (χ1) is 14.0. The first-order valence-electron chi connectivity index (χ1n) is 9.45. The highest BCUT2D eigenvalue weighted by Gasteiger charge is 2.29. The van der Waals surface area contributed by atoms with Gasteiger partial charge in [0.2, 0.25) is 5.91 Å². The largest absolute Gasteiger partial charge is 0.479 e. The number of rotatable bonds is 8. The lowest BCUT2D eigenvalue weighted by Crippen LogP contribution is -2.42. The van der Waals surface area contributed by atoms with Crippen LogP contribution in [0.4, 0.5) is 0 Å². The number of carboxylic acids is 1. The average Bonchev–Trinajstić information content (AvgIpc) is 2.74. The van der Waals surface area contributed by atoms with Crippen LogP contribution in [0.2, 0.25) is 0 Å². The first kappa shape index (κ1) is 20.2. The van der Waals surface area contributed by atoms with Crippen LogP contribution in [-0.2, 0) is 9.59 Å². The zero-order chi connectivity index (χ0) is 20.8. The molecule has 0 fully saturated rings. The molecule has 8 heteroatoms. The molecule has 0 aliphatic heterocycles. The summed E-state index contributed by atoms with van der Waals surface area (Å²) in [5.74, 6) is -1.77. The second-order valence-corrected chi connectivity index (χ2v) is 6.70. The molecular formula is C21H22N4O4. The number of hydrogen-bond acceptors (Lipinski definition) is 5. The van der Waals surface area contributed by atoms with Crippen LogP contribution >= 0.6 is 0 Å². The maximum Gasteiger partial charge on any atom is 0.330 e. The fourth-order valence-corrected chi connectivity index (χ4v) is 3.14. The summed E-state index contributed by atoms with van der Waals surface area (Å²) < 4.78 is 1.05.